The summed E-state index contributed by atoms with van der Waals surface area (Å²) in [7, 11) is 0. The Labute approximate surface area is 93.1 Å². The number of hydrogen-bond acceptors (Lipinski definition) is 4. The summed E-state index contributed by atoms with van der Waals surface area (Å²) in [5.41, 5.74) is 10.1. The van der Waals surface area contributed by atoms with Crippen LogP contribution in [0.3, 0.4) is 0 Å². The van der Waals surface area contributed by atoms with Crippen molar-refractivity contribution in [2.24, 2.45) is 11.5 Å². The molecule has 1 aliphatic rings. The fourth-order valence-corrected chi connectivity index (χ4v) is 1.75. The average Bonchev–Trinajstić information content (AvgIpc) is 2.73. The van der Waals surface area contributed by atoms with Gasteiger partial charge in [0.05, 0.1) is 13.1 Å². The van der Waals surface area contributed by atoms with Crippen LogP contribution >= 0.6 is 0 Å². The van der Waals surface area contributed by atoms with Crippen LogP contribution in [0.2, 0.25) is 0 Å². The molecule has 0 saturated carbocycles. The molecule has 1 rings (SSSR count). The zero-order valence-electron chi connectivity index (χ0n) is 8.94. The highest BCUT2D eigenvalue weighted by Gasteiger charge is 2.33. The average molecular weight is 228 g/mol. The van der Waals surface area contributed by atoms with E-state index in [1.165, 1.54) is 4.90 Å². The van der Waals surface area contributed by atoms with E-state index in [9.17, 15) is 14.4 Å². The molecule has 16 heavy (non-hydrogen) atoms. The highest BCUT2D eigenvalue weighted by atomic mass is 16.2. The van der Waals surface area contributed by atoms with E-state index in [2.05, 4.69) is 5.32 Å². The Morgan fingerprint density at radius 2 is 2.06 bits per heavy atom. The highest BCUT2D eigenvalue weighted by molar-refractivity contribution is 5.91. The summed E-state index contributed by atoms with van der Waals surface area (Å²) in [6, 6.07) is -0.518. The second-order valence-electron chi connectivity index (χ2n) is 3.63. The maximum atomic E-state index is 11.6. The molecule has 1 saturated heterocycles. The van der Waals surface area contributed by atoms with Crippen LogP contribution in [0.25, 0.3) is 0 Å². The molecular weight excluding hydrogens is 212 g/mol. The maximum absolute atomic E-state index is 11.6. The molecule has 1 atom stereocenters. The van der Waals surface area contributed by atoms with Gasteiger partial charge in [0.2, 0.25) is 17.7 Å². The molecular formula is C9H16N4O3. The monoisotopic (exact) mass is 228 g/mol. The normalized spacial score (nSPS) is 19.6. The van der Waals surface area contributed by atoms with Gasteiger partial charge in [-0.15, -0.1) is 0 Å². The summed E-state index contributed by atoms with van der Waals surface area (Å²) in [5.74, 6) is -1.21. The Hall–Kier alpha value is -1.63. The third-order valence-corrected chi connectivity index (χ3v) is 2.49. The largest absolute Gasteiger partial charge is 0.368 e. The van der Waals surface area contributed by atoms with Crippen molar-refractivity contribution >= 4 is 17.7 Å². The summed E-state index contributed by atoms with van der Waals surface area (Å²) < 4.78 is 0. The van der Waals surface area contributed by atoms with Gasteiger partial charge in [-0.25, -0.2) is 0 Å². The van der Waals surface area contributed by atoms with Crippen molar-refractivity contribution in [1.82, 2.24) is 10.2 Å². The molecule has 0 bridgehead atoms. The van der Waals surface area contributed by atoms with E-state index in [0.717, 1.165) is 6.42 Å². The molecule has 0 aliphatic carbocycles. The van der Waals surface area contributed by atoms with Gasteiger partial charge in [-0.2, -0.15) is 0 Å². The second-order valence-corrected chi connectivity index (χ2v) is 3.63. The van der Waals surface area contributed by atoms with E-state index in [1.54, 1.807) is 0 Å². The van der Waals surface area contributed by atoms with Gasteiger partial charge in [0, 0.05) is 6.54 Å². The number of nitrogens with one attached hydrogen (secondary N) is 1. The van der Waals surface area contributed by atoms with Crippen LogP contribution in [0.4, 0.5) is 0 Å². The molecule has 0 spiro atoms. The number of hydrogen-bond donors (Lipinski definition) is 3. The lowest BCUT2D eigenvalue weighted by molar-refractivity contribution is -0.137. The zero-order chi connectivity index (χ0) is 12.1. The first-order chi connectivity index (χ1) is 7.56. The molecule has 0 aromatic heterocycles. The Morgan fingerprint density at radius 1 is 1.38 bits per heavy atom. The first-order valence-corrected chi connectivity index (χ1v) is 5.11. The Morgan fingerprint density at radius 3 is 2.62 bits per heavy atom. The Kier molecular flexibility index (Phi) is 4.24. The smallest absolute Gasteiger partial charge is 0.243 e. The van der Waals surface area contributed by atoms with Crippen LogP contribution in [-0.4, -0.2) is 48.3 Å². The van der Waals surface area contributed by atoms with E-state index in [-0.39, 0.29) is 24.9 Å². The number of rotatable bonds is 4. The van der Waals surface area contributed by atoms with E-state index in [1.807, 2.05) is 0 Å². The molecule has 1 heterocycles. The molecule has 90 valence electrons. The fourth-order valence-electron chi connectivity index (χ4n) is 1.75. The summed E-state index contributed by atoms with van der Waals surface area (Å²) >= 11 is 0. The molecule has 1 fully saturated rings. The predicted octanol–water partition coefficient (Wildman–Crippen LogP) is -2.46. The van der Waals surface area contributed by atoms with Crippen molar-refractivity contribution in [2.45, 2.75) is 18.9 Å². The second kappa shape index (κ2) is 5.45. The molecule has 7 nitrogen and oxygen atoms in total. The van der Waals surface area contributed by atoms with Crippen molar-refractivity contribution in [1.29, 1.82) is 0 Å². The van der Waals surface area contributed by atoms with Gasteiger partial charge in [-0.05, 0) is 12.8 Å². The lowest BCUT2D eigenvalue weighted by atomic mass is 10.2. The fraction of sp³-hybridized carbons (Fsp3) is 0.667. The number of amides is 3. The third-order valence-electron chi connectivity index (χ3n) is 2.49. The van der Waals surface area contributed by atoms with Crippen LogP contribution in [0.5, 0.6) is 0 Å². The molecule has 7 heteroatoms. The number of nitrogens with zero attached hydrogens (tertiary/aromatic N) is 1. The van der Waals surface area contributed by atoms with E-state index >= 15 is 0 Å². The van der Waals surface area contributed by atoms with Gasteiger partial charge in [0.1, 0.15) is 6.04 Å². The van der Waals surface area contributed by atoms with Crippen molar-refractivity contribution in [3.05, 3.63) is 0 Å². The summed E-state index contributed by atoms with van der Waals surface area (Å²) in [5, 5.41) is 2.38. The minimum atomic E-state index is -0.608. The van der Waals surface area contributed by atoms with Crippen LogP contribution in [0.15, 0.2) is 0 Å². The lowest BCUT2D eigenvalue weighted by Crippen LogP contribution is -2.49. The molecule has 0 aromatic carbocycles. The minimum Gasteiger partial charge on any atom is -0.368 e. The van der Waals surface area contributed by atoms with Crippen LogP contribution in [-0.2, 0) is 14.4 Å². The standard InChI is InChI=1S/C9H16N4O3/c10-4-8(15)13-3-1-2-6(13)9(16)12-5-7(11)14/h6H,1-5,10H2,(H2,11,14)(H,12,16)/t6-/m1/s1. The summed E-state index contributed by atoms with van der Waals surface area (Å²) in [6.45, 7) is 0.213. The van der Waals surface area contributed by atoms with Crippen molar-refractivity contribution in [2.75, 3.05) is 19.6 Å². The zero-order valence-corrected chi connectivity index (χ0v) is 8.94. The van der Waals surface area contributed by atoms with Crippen molar-refractivity contribution in [3.63, 3.8) is 0 Å². The molecule has 5 N–H and O–H groups in total. The first kappa shape index (κ1) is 12.4. The quantitative estimate of drug-likeness (QED) is 0.494. The molecule has 3 amide bonds. The van der Waals surface area contributed by atoms with Gasteiger partial charge >= 0.3 is 0 Å². The minimum absolute atomic E-state index is 0.112. The topological polar surface area (TPSA) is 119 Å². The van der Waals surface area contributed by atoms with Crippen molar-refractivity contribution in [3.8, 4) is 0 Å². The molecule has 1 aliphatic heterocycles. The highest BCUT2D eigenvalue weighted by Crippen LogP contribution is 2.16. The van der Waals surface area contributed by atoms with E-state index in [0.29, 0.717) is 13.0 Å². The molecule has 0 unspecified atom stereocenters. The van der Waals surface area contributed by atoms with Crippen molar-refractivity contribution < 1.29 is 14.4 Å². The predicted molar refractivity (Wildman–Crippen MR) is 56.0 cm³/mol. The third kappa shape index (κ3) is 2.93. The Balaban J connectivity index is 2.54. The van der Waals surface area contributed by atoms with Crippen LogP contribution in [0, 0.1) is 0 Å². The van der Waals surface area contributed by atoms with Gasteiger partial charge in [-0.3, -0.25) is 14.4 Å². The number of likely N-dealkylation sites (tertiary alicyclic amines) is 1. The van der Waals surface area contributed by atoms with E-state index < -0.39 is 11.9 Å². The first-order valence-electron chi connectivity index (χ1n) is 5.11. The summed E-state index contributed by atoms with van der Waals surface area (Å²) in [6.07, 6.45) is 1.36. The SMILES string of the molecule is NCC(=O)N1CCC[C@@H]1C(=O)NCC(N)=O. The van der Waals surface area contributed by atoms with Crippen LogP contribution in [0.1, 0.15) is 12.8 Å². The Bertz CT molecular complexity index is 305. The molecule has 0 radical (unpaired) electrons. The number of carbonyl (C=O) groups is 3. The number of primary amides is 1. The van der Waals surface area contributed by atoms with Gasteiger partial charge in [-0.1, -0.05) is 0 Å². The summed E-state index contributed by atoms with van der Waals surface area (Å²) in [4.78, 5) is 35.0. The van der Waals surface area contributed by atoms with Gasteiger partial charge in [0.25, 0.3) is 0 Å². The van der Waals surface area contributed by atoms with Crippen LogP contribution < -0.4 is 16.8 Å². The molecule has 0 aromatic rings. The lowest BCUT2D eigenvalue weighted by Gasteiger charge is -2.23. The van der Waals surface area contributed by atoms with E-state index in [4.69, 9.17) is 11.5 Å². The van der Waals surface area contributed by atoms with Gasteiger partial charge in [0.15, 0.2) is 0 Å². The number of nitrogens with two attached hydrogens (primary N) is 2. The van der Waals surface area contributed by atoms with Gasteiger partial charge < -0.3 is 21.7 Å². The number of carbonyl (C=O) groups excluding carboxylic acids is 3. The maximum Gasteiger partial charge on any atom is 0.243 e.